The van der Waals surface area contributed by atoms with Gasteiger partial charge in [-0.05, 0) is 12.5 Å². The molecule has 0 spiro atoms. The highest BCUT2D eigenvalue weighted by Crippen LogP contribution is 2.15. The molecule has 1 N–H and O–H groups in total. The maximum absolute atomic E-state index is 9.05. The van der Waals surface area contributed by atoms with E-state index < -0.39 is 0 Å². The van der Waals surface area contributed by atoms with Gasteiger partial charge in [-0.3, -0.25) is 0 Å². The number of hydrogen-bond acceptors (Lipinski definition) is 2. The second-order valence-corrected chi connectivity index (χ2v) is 4.80. The van der Waals surface area contributed by atoms with Crippen molar-refractivity contribution in [1.82, 2.24) is 0 Å². The Hall–Kier alpha value is -0.860. The SMILES string of the molecule is Cc1ccc(COCC(C)(C)CO)cc1. The van der Waals surface area contributed by atoms with Crippen LogP contribution in [0.1, 0.15) is 25.0 Å². The Morgan fingerprint density at radius 1 is 1.20 bits per heavy atom. The zero-order valence-corrected chi connectivity index (χ0v) is 9.79. The molecule has 0 bridgehead atoms. The van der Waals surface area contributed by atoms with Crippen molar-refractivity contribution in [2.24, 2.45) is 5.41 Å². The summed E-state index contributed by atoms with van der Waals surface area (Å²) in [7, 11) is 0. The molecule has 0 radical (unpaired) electrons. The second kappa shape index (κ2) is 5.29. The van der Waals surface area contributed by atoms with E-state index in [2.05, 4.69) is 31.2 Å². The molecule has 1 aromatic carbocycles. The molecule has 0 saturated carbocycles. The predicted molar refractivity (Wildman–Crippen MR) is 61.7 cm³/mol. The van der Waals surface area contributed by atoms with Crippen LogP contribution in [0.4, 0.5) is 0 Å². The van der Waals surface area contributed by atoms with E-state index in [1.54, 1.807) is 0 Å². The molecule has 0 aliphatic heterocycles. The van der Waals surface area contributed by atoms with Crippen LogP contribution in [-0.2, 0) is 11.3 Å². The fraction of sp³-hybridized carbons (Fsp3) is 0.538. The fourth-order valence-electron chi connectivity index (χ4n) is 1.18. The summed E-state index contributed by atoms with van der Waals surface area (Å²) in [6.45, 7) is 7.39. The van der Waals surface area contributed by atoms with Crippen LogP contribution in [0.5, 0.6) is 0 Å². The van der Waals surface area contributed by atoms with Gasteiger partial charge in [-0.2, -0.15) is 0 Å². The molecule has 0 atom stereocenters. The Bertz CT molecular complexity index is 288. The quantitative estimate of drug-likeness (QED) is 0.805. The van der Waals surface area contributed by atoms with Crippen LogP contribution in [0.25, 0.3) is 0 Å². The van der Waals surface area contributed by atoms with Crippen LogP contribution in [0, 0.1) is 12.3 Å². The molecule has 0 unspecified atom stereocenters. The van der Waals surface area contributed by atoms with Crippen LogP contribution in [0.2, 0.25) is 0 Å². The van der Waals surface area contributed by atoms with Gasteiger partial charge in [0.05, 0.1) is 19.8 Å². The van der Waals surface area contributed by atoms with Gasteiger partial charge in [0.1, 0.15) is 0 Å². The number of hydrogen-bond donors (Lipinski definition) is 1. The van der Waals surface area contributed by atoms with Gasteiger partial charge in [0.2, 0.25) is 0 Å². The topological polar surface area (TPSA) is 29.5 Å². The van der Waals surface area contributed by atoms with Gasteiger partial charge in [-0.25, -0.2) is 0 Å². The van der Waals surface area contributed by atoms with Crippen molar-refractivity contribution in [3.8, 4) is 0 Å². The van der Waals surface area contributed by atoms with Crippen LogP contribution in [0.3, 0.4) is 0 Å². The van der Waals surface area contributed by atoms with Crippen molar-refractivity contribution in [2.45, 2.75) is 27.4 Å². The molecular weight excluding hydrogens is 188 g/mol. The Morgan fingerprint density at radius 2 is 1.80 bits per heavy atom. The van der Waals surface area contributed by atoms with E-state index in [1.165, 1.54) is 11.1 Å². The van der Waals surface area contributed by atoms with Crippen molar-refractivity contribution in [1.29, 1.82) is 0 Å². The summed E-state index contributed by atoms with van der Waals surface area (Å²) in [6.07, 6.45) is 0. The van der Waals surface area contributed by atoms with Crippen LogP contribution < -0.4 is 0 Å². The molecule has 0 aromatic heterocycles. The summed E-state index contributed by atoms with van der Waals surface area (Å²) in [5.74, 6) is 0. The van der Waals surface area contributed by atoms with E-state index in [4.69, 9.17) is 9.84 Å². The lowest BCUT2D eigenvalue weighted by atomic mass is 9.97. The highest BCUT2D eigenvalue weighted by atomic mass is 16.5. The minimum atomic E-state index is -0.148. The summed E-state index contributed by atoms with van der Waals surface area (Å²) in [6, 6.07) is 8.30. The summed E-state index contributed by atoms with van der Waals surface area (Å²) < 4.78 is 5.56. The van der Waals surface area contributed by atoms with E-state index in [0.29, 0.717) is 13.2 Å². The first-order valence-electron chi connectivity index (χ1n) is 5.28. The van der Waals surface area contributed by atoms with E-state index >= 15 is 0 Å². The van der Waals surface area contributed by atoms with Crippen molar-refractivity contribution in [3.63, 3.8) is 0 Å². The van der Waals surface area contributed by atoms with Crippen molar-refractivity contribution >= 4 is 0 Å². The first kappa shape index (κ1) is 12.2. The smallest absolute Gasteiger partial charge is 0.0717 e. The number of aryl methyl sites for hydroxylation is 1. The van der Waals surface area contributed by atoms with Crippen LogP contribution in [-0.4, -0.2) is 18.3 Å². The van der Waals surface area contributed by atoms with Gasteiger partial charge in [0.15, 0.2) is 0 Å². The molecule has 0 amide bonds. The lowest BCUT2D eigenvalue weighted by Crippen LogP contribution is -2.23. The highest BCUT2D eigenvalue weighted by molar-refractivity contribution is 5.20. The third-order valence-corrected chi connectivity index (χ3v) is 2.31. The lowest BCUT2D eigenvalue weighted by Gasteiger charge is -2.21. The minimum absolute atomic E-state index is 0.148. The van der Waals surface area contributed by atoms with Gasteiger partial charge in [-0.1, -0.05) is 43.7 Å². The Morgan fingerprint density at radius 3 is 2.33 bits per heavy atom. The zero-order chi connectivity index (χ0) is 11.3. The molecule has 0 aliphatic rings. The number of rotatable bonds is 5. The van der Waals surface area contributed by atoms with Crippen LogP contribution in [0.15, 0.2) is 24.3 Å². The van der Waals surface area contributed by atoms with Crippen molar-refractivity contribution < 1.29 is 9.84 Å². The van der Waals surface area contributed by atoms with Crippen LogP contribution >= 0.6 is 0 Å². The molecule has 84 valence electrons. The number of benzene rings is 1. The fourth-order valence-corrected chi connectivity index (χ4v) is 1.18. The van der Waals surface area contributed by atoms with E-state index in [-0.39, 0.29) is 12.0 Å². The molecule has 1 aromatic rings. The van der Waals surface area contributed by atoms with E-state index in [9.17, 15) is 0 Å². The average molecular weight is 208 g/mol. The van der Waals surface area contributed by atoms with Gasteiger partial charge >= 0.3 is 0 Å². The Balaban J connectivity index is 2.35. The third kappa shape index (κ3) is 4.45. The molecule has 0 saturated heterocycles. The number of aliphatic hydroxyl groups excluding tert-OH is 1. The molecule has 0 heterocycles. The monoisotopic (exact) mass is 208 g/mol. The molecule has 1 rings (SSSR count). The Labute approximate surface area is 91.9 Å². The third-order valence-electron chi connectivity index (χ3n) is 2.31. The summed E-state index contributed by atoms with van der Waals surface area (Å²) in [4.78, 5) is 0. The summed E-state index contributed by atoms with van der Waals surface area (Å²) >= 11 is 0. The van der Waals surface area contributed by atoms with Gasteiger partial charge < -0.3 is 9.84 Å². The minimum Gasteiger partial charge on any atom is -0.396 e. The average Bonchev–Trinajstić information content (AvgIpc) is 2.21. The van der Waals surface area contributed by atoms with Gasteiger partial charge in [0, 0.05) is 5.41 Å². The molecule has 15 heavy (non-hydrogen) atoms. The van der Waals surface area contributed by atoms with Gasteiger partial charge in [-0.15, -0.1) is 0 Å². The normalized spacial score (nSPS) is 11.7. The highest BCUT2D eigenvalue weighted by Gasteiger charge is 2.16. The largest absolute Gasteiger partial charge is 0.396 e. The maximum atomic E-state index is 9.05. The molecule has 0 aliphatic carbocycles. The second-order valence-electron chi connectivity index (χ2n) is 4.80. The number of aliphatic hydroxyl groups is 1. The predicted octanol–water partition coefficient (Wildman–Crippen LogP) is 2.53. The van der Waals surface area contributed by atoms with Crippen molar-refractivity contribution in [3.05, 3.63) is 35.4 Å². The van der Waals surface area contributed by atoms with E-state index in [0.717, 1.165) is 0 Å². The summed E-state index contributed by atoms with van der Waals surface area (Å²) in [5.41, 5.74) is 2.29. The lowest BCUT2D eigenvalue weighted by molar-refractivity contribution is 0.0198. The standard InChI is InChI=1S/C13H20O2/c1-11-4-6-12(7-5-11)8-15-10-13(2,3)9-14/h4-7,14H,8-10H2,1-3H3. The first-order valence-corrected chi connectivity index (χ1v) is 5.28. The van der Waals surface area contributed by atoms with Gasteiger partial charge in [0.25, 0.3) is 0 Å². The first-order chi connectivity index (χ1) is 7.03. The maximum Gasteiger partial charge on any atom is 0.0717 e. The summed E-state index contributed by atoms with van der Waals surface area (Å²) in [5, 5.41) is 9.05. The van der Waals surface area contributed by atoms with Crippen molar-refractivity contribution in [2.75, 3.05) is 13.2 Å². The van der Waals surface area contributed by atoms with E-state index in [1.807, 2.05) is 13.8 Å². The molecule has 2 heteroatoms. The number of ether oxygens (including phenoxy) is 1. The molecular formula is C13H20O2. The molecule has 0 fully saturated rings. The molecule has 2 nitrogen and oxygen atoms in total. The zero-order valence-electron chi connectivity index (χ0n) is 9.79. The Kier molecular flexibility index (Phi) is 4.30.